The second kappa shape index (κ2) is 7.66. The minimum Gasteiger partial charge on any atom is -0.330 e. The van der Waals surface area contributed by atoms with Gasteiger partial charge in [-0.1, -0.05) is 42.8 Å². The number of aromatic nitrogens is 3. The molecule has 0 saturated carbocycles. The van der Waals surface area contributed by atoms with Gasteiger partial charge in [0.1, 0.15) is 11.7 Å². The van der Waals surface area contributed by atoms with Crippen molar-refractivity contribution < 1.29 is 4.79 Å². The Bertz CT molecular complexity index is 933. The van der Waals surface area contributed by atoms with Gasteiger partial charge in [0, 0.05) is 22.5 Å². The number of rotatable bonds is 6. The second-order valence-electron chi connectivity index (χ2n) is 7.63. The van der Waals surface area contributed by atoms with Crippen LogP contribution in [0.2, 0.25) is 5.02 Å². The van der Waals surface area contributed by atoms with Crippen molar-refractivity contribution in [3.05, 3.63) is 59.1 Å². The lowest BCUT2D eigenvalue weighted by atomic mass is 9.88. The van der Waals surface area contributed by atoms with Crippen molar-refractivity contribution in [2.24, 2.45) is 5.41 Å². The highest BCUT2D eigenvalue weighted by molar-refractivity contribution is 6.30. The van der Waals surface area contributed by atoms with Gasteiger partial charge in [-0.15, -0.1) is 5.10 Å². The first kappa shape index (κ1) is 19.3. The average molecular weight is 386 g/mol. The van der Waals surface area contributed by atoms with E-state index in [1.807, 2.05) is 38.4 Å². The standard InChI is InChI=1S/C20H24ClN5O/c1-20(2,13-25(3)4)19(22-18(27)14-9-11-15(21)12-10-14)26-17-8-6-5-7-16(17)23-24-26/h5-12,19H,13H2,1-4H3,(H,22,27). The van der Waals surface area contributed by atoms with Gasteiger partial charge in [0.25, 0.3) is 5.91 Å². The fourth-order valence-corrected chi connectivity index (χ4v) is 3.50. The molecule has 0 aliphatic heterocycles. The first-order valence-electron chi connectivity index (χ1n) is 8.79. The zero-order chi connectivity index (χ0) is 19.6. The Kier molecular flexibility index (Phi) is 5.48. The zero-order valence-electron chi connectivity index (χ0n) is 16.0. The van der Waals surface area contributed by atoms with Crippen LogP contribution < -0.4 is 5.32 Å². The second-order valence-corrected chi connectivity index (χ2v) is 8.07. The average Bonchev–Trinajstić information content (AvgIpc) is 3.02. The van der Waals surface area contributed by atoms with Crippen molar-refractivity contribution in [2.75, 3.05) is 20.6 Å². The third kappa shape index (κ3) is 4.28. The third-order valence-corrected chi connectivity index (χ3v) is 4.71. The molecule has 3 rings (SSSR count). The van der Waals surface area contributed by atoms with Gasteiger partial charge in [-0.3, -0.25) is 4.79 Å². The monoisotopic (exact) mass is 385 g/mol. The van der Waals surface area contributed by atoms with Crippen LogP contribution in [0.25, 0.3) is 11.0 Å². The van der Waals surface area contributed by atoms with E-state index in [1.165, 1.54) is 0 Å². The number of fused-ring (bicyclic) bond motifs is 1. The van der Waals surface area contributed by atoms with Crippen molar-refractivity contribution in [3.63, 3.8) is 0 Å². The van der Waals surface area contributed by atoms with Gasteiger partial charge in [-0.25, -0.2) is 4.68 Å². The molecule has 0 radical (unpaired) electrons. The van der Waals surface area contributed by atoms with Crippen LogP contribution in [-0.4, -0.2) is 46.4 Å². The lowest BCUT2D eigenvalue weighted by Crippen LogP contribution is -2.46. The van der Waals surface area contributed by atoms with Crippen molar-refractivity contribution in [2.45, 2.75) is 20.0 Å². The molecule has 27 heavy (non-hydrogen) atoms. The first-order valence-corrected chi connectivity index (χ1v) is 9.17. The number of hydrogen-bond acceptors (Lipinski definition) is 4. The highest BCUT2D eigenvalue weighted by Crippen LogP contribution is 2.31. The predicted octanol–water partition coefficient (Wildman–Crippen LogP) is 3.60. The third-order valence-electron chi connectivity index (χ3n) is 4.46. The molecule has 0 fully saturated rings. The van der Waals surface area contributed by atoms with Crippen molar-refractivity contribution in [3.8, 4) is 0 Å². The number of hydrogen-bond donors (Lipinski definition) is 1. The van der Waals surface area contributed by atoms with Crippen LogP contribution in [0, 0.1) is 5.41 Å². The molecule has 1 N–H and O–H groups in total. The first-order chi connectivity index (χ1) is 12.8. The fourth-order valence-electron chi connectivity index (χ4n) is 3.38. The number of para-hydroxylation sites is 1. The van der Waals surface area contributed by atoms with Gasteiger partial charge in [0.15, 0.2) is 0 Å². The van der Waals surface area contributed by atoms with Gasteiger partial charge >= 0.3 is 0 Å². The van der Waals surface area contributed by atoms with Crippen molar-refractivity contribution in [1.82, 2.24) is 25.2 Å². The van der Waals surface area contributed by atoms with Crippen LogP contribution in [0.15, 0.2) is 48.5 Å². The maximum Gasteiger partial charge on any atom is 0.252 e. The van der Waals surface area contributed by atoms with E-state index in [9.17, 15) is 4.79 Å². The highest BCUT2D eigenvalue weighted by Gasteiger charge is 2.35. The quantitative estimate of drug-likeness (QED) is 0.704. The molecule has 1 atom stereocenters. The molecule has 1 unspecified atom stereocenters. The normalized spacial score (nSPS) is 13.1. The van der Waals surface area contributed by atoms with E-state index in [1.54, 1.807) is 28.9 Å². The molecule has 0 aliphatic rings. The maximum absolute atomic E-state index is 12.9. The maximum atomic E-state index is 12.9. The Labute approximate surface area is 164 Å². The summed E-state index contributed by atoms with van der Waals surface area (Å²) in [4.78, 5) is 15.0. The van der Waals surface area contributed by atoms with Gasteiger partial charge in [0.2, 0.25) is 0 Å². The lowest BCUT2D eigenvalue weighted by Gasteiger charge is -2.37. The highest BCUT2D eigenvalue weighted by atomic mass is 35.5. The van der Waals surface area contributed by atoms with E-state index in [0.29, 0.717) is 10.6 Å². The summed E-state index contributed by atoms with van der Waals surface area (Å²) < 4.78 is 1.80. The van der Waals surface area contributed by atoms with Crippen LogP contribution in [0.5, 0.6) is 0 Å². The van der Waals surface area contributed by atoms with Gasteiger partial charge in [-0.05, 0) is 50.5 Å². The largest absolute Gasteiger partial charge is 0.330 e. The number of nitrogens with zero attached hydrogens (tertiary/aromatic N) is 4. The number of benzene rings is 2. The molecule has 0 aliphatic carbocycles. The molecule has 6 nitrogen and oxygen atoms in total. The smallest absolute Gasteiger partial charge is 0.252 e. The summed E-state index contributed by atoms with van der Waals surface area (Å²) in [6.45, 7) is 4.97. The predicted molar refractivity (Wildman–Crippen MR) is 108 cm³/mol. The Morgan fingerprint density at radius 3 is 2.52 bits per heavy atom. The molecule has 142 valence electrons. The fraction of sp³-hybridized carbons (Fsp3) is 0.350. The Balaban J connectivity index is 1.99. The van der Waals surface area contributed by atoms with Crippen LogP contribution >= 0.6 is 11.6 Å². The van der Waals surface area contributed by atoms with Crippen molar-refractivity contribution in [1.29, 1.82) is 0 Å². The number of nitrogens with one attached hydrogen (secondary N) is 1. The molecule has 3 aromatic rings. The summed E-state index contributed by atoms with van der Waals surface area (Å²) in [7, 11) is 4.03. The molecular weight excluding hydrogens is 362 g/mol. The summed E-state index contributed by atoms with van der Waals surface area (Å²) >= 11 is 5.94. The van der Waals surface area contributed by atoms with Crippen LogP contribution in [0.3, 0.4) is 0 Å². The summed E-state index contributed by atoms with van der Waals surface area (Å²) in [5.41, 5.74) is 1.92. The summed E-state index contributed by atoms with van der Waals surface area (Å²) in [5.74, 6) is -0.178. The molecular formula is C20H24ClN5O. The van der Waals surface area contributed by atoms with Crippen LogP contribution in [0.4, 0.5) is 0 Å². The Hall–Kier alpha value is -2.44. The number of halogens is 1. The summed E-state index contributed by atoms with van der Waals surface area (Å²) in [5, 5.41) is 12.3. The van der Waals surface area contributed by atoms with E-state index in [4.69, 9.17) is 11.6 Å². The van der Waals surface area contributed by atoms with E-state index >= 15 is 0 Å². The van der Waals surface area contributed by atoms with E-state index in [2.05, 4.69) is 34.4 Å². The Morgan fingerprint density at radius 1 is 1.19 bits per heavy atom. The molecule has 1 aromatic heterocycles. The molecule has 0 spiro atoms. The van der Waals surface area contributed by atoms with Gasteiger partial charge in [-0.2, -0.15) is 0 Å². The van der Waals surface area contributed by atoms with E-state index in [0.717, 1.165) is 17.6 Å². The molecule has 7 heteroatoms. The molecule has 2 aromatic carbocycles. The lowest BCUT2D eigenvalue weighted by molar-refractivity contribution is 0.0769. The SMILES string of the molecule is CN(C)CC(C)(C)C(NC(=O)c1ccc(Cl)cc1)n1nnc2ccccc21. The number of carbonyl (C=O) groups is 1. The molecule has 0 bridgehead atoms. The minimum atomic E-state index is -0.379. The van der Waals surface area contributed by atoms with E-state index < -0.39 is 0 Å². The van der Waals surface area contributed by atoms with Gasteiger partial charge in [0.05, 0.1) is 5.52 Å². The van der Waals surface area contributed by atoms with Crippen LogP contribution in [0.1, 0.15) is 30.4 Å². The molecule has 1 heterocycles. The molecule has 0 saturated heterocycles. The minimum absolute atomic E-state index is 0.178. The summed E-state index contributed by atoms with van der Waals surface area (Å²) in [6, 6.07) is 14.6. The van der Waals surface area contributed by atoms with Crippen LogP contribution in [-0.2, 0) is 0 Å². The van der Waals surface area contributed by atoms with Crippen molar-refractivity contribution >= 4 is 28.5 Å². The van der Waals surface area contributed by atoms with E-state index in [-0.39, 0.29) is 17.5 Å². The zero-order valence-corrected chi connectivity index (χ0v) is 16.7. The topological polar surface area (TPSA) is 63.1 Å². The Morgan fingerprint density at radius 2 is 1.85 bits per heavy atom. The number of amides is 1. The van der Waals surface area contributed by atoms with Gasteiger partial charge < -0.3 is 10.2 Å². The summed E-state index contributed by atoms with van der Waals surface area (Å²) in [6.07, 6.45) is -0.379. The number of carbonyl (C=O) groups excluding carboxylic acids is 1. The molecule has 1 amide bonds.